The fraction of sp³-hybridized carbons (Fsp3) is 0.538. The molecule has 1 N–H and O–H groups in total. The zero-order valence-corrected chi connectivity index (χ0v) is 9.92. The lowest BCUT2D eigenvalue weighted by Gasteiger charge is -2.15. The third-order valence-electron chi connectivity index (χ3n) is 2.58. The molecule has 1 aromatic rings. The zero-order valence-electron chi connectivity index (χ0n) is 9.92. The summed E-state index contributed by atoms with van der Waals surface area (Å²) in [5.74, 6) is 0. The van der Waals surface area contributed by atoms with Gasteiger partial charge in [0.1, 0.15) is 0 Å². The van der Waals surface area contributed by atoms with E-state index in [1.807, 2.05) is 0 Å². The van der Waals surface area contributed by atoms with Gasteiger partial charge in [-0.05, 0) is 18.9 Å². The topological polar surface area (TPSA) is 21.3 Å². The normalized spacial score (nSPS) is 12.7. The van der Waals surface area contributed by atoms with E-state index in [0.717, 1.165) is 19.6 Å². The van der Waals surface area contributed by atoms with E-state index in [2.05, 4.69) is 43.4 Å². The van der Waals surface area contributed by atoms with E-state index in [1.54, 1.807) is 7.11 Å². The number of ether oxygens (including phenoxy) is 1. The van der Waals surface area contributed by atoms with Crippen LogP contribution in [0.2, 0.25) is 0 Å². The maximum absolute atomic E-state index is 5.14. The first kappa shape index (κ1) is 12.2. The molecule has 0 saturated heterocycles. The van der Waals surface area contributed by atoms with Gasteiger partial charge in [-0.15, -0.1) is 0 Å². The van der Waals surface area contributed by atoms with Crippen LogP contribution < -0.4 is 5.32 Å². The minimum atomic E-state index is 0.455. The van der Waals surface area contributed by atoms with Crippen molar-refractivity contribution < 1.29 is 4.74 Å². The van der Waals surface area contributed by atoms with Crippen LogP contribution in [0.25, 0.3) is 0 Å². The molecule has 0 saturated carbocycles. The lowest BCUT2D eigenvalue weighted by atomic mass is 10.1. The average molecular weight is 207 g/mol. The molecule has 1 atom stereocenters. The lowest BCUT2D eigenvalue weighted by Crippen LogP contribution is -2.31. The van der Waals surface area contributed by atoms with Crippen molar-refractivity contribution in [3.05, 3.63) is 35.4 Å². The van der Waals surface area contributed by atoms with Crippen molar-refractivity contribution in [3.8, 4) is 0 Å². The fourth-order valence-electron chi connectivity index (χ4n) is 1.49. The number of aryl methyl sites for hydroxylation is 1. The van der Waals surface area contributed by atoms with Gasteiger partial charge >= 0.3 is 0 Å². The van der Waals surface area contributed by atoms with Crippen molar-refractivity contribution in [2.75, 3.05) is 13.7 Å². The highest BCUT2D eigenvalue weighted by Gasteiger charge is 2.04. The molecule has 0 unspecified atom stereocenters. The maximum Gasteiger partial charge on any atom is 0.0615 e. The Kier molecular flexibility index (Phi) is 5.37. The number of benzene rings is 1. The van der Waals surface area contributed by atoms with Crippen molar-refractivity contribution >= 4 is 0 Å². The van der Waals surface area contributed by atoms with E-state index in [9.17, 15) is 0 Å². The standard InChI is InChI=1S/C13H21NO/c1-4-13(10-15-3)14-9-12-7-5-11(2)6-8-12/h5-8,13-14H,4,9-10H2,1-3H3/t13-/m1/s1. The molecule has 0 aliphatic heterocycles. The summed E-state index contributed by atoms with van der Waals surface area (Å²) < 4.78 is 5.14. The van der Waals surface area contributed by atoms with Crippen molar-refractivity contribution in [1.82, 2.24) is 5.32 Å². The maximum atomic E-state index is 5.14. The number of hydrogen-bond donors (Lipinski definition) is 1. The van der Waals surface area contributed by atoms with Gasteiger partial charge in [-0.25, -0.2) is 0 Å². The van der Waals surface area contributed by atoms with Crippen molar-refractivity contribution in [2.24, 2.45) is 0 Å². The van der Waals surface area contributed by atoms with Gasteiger partial charge in [0.25, 0.3) is 0 Å². The first-order chi connectivity index (χ1) is 7.26. The molecule has 0 fully saturated rings. The van der Waals surface area contributed by atoms with E-state index in [-0.39, 0.29) is 0 Å². The Bertz CT molecular complexity index is 268. The summed E-state index contributed by atoms with van der Waals surface area (Å²) in [6.07, 6.45) is 1.10. The summed E-state index contributed by atoms with van der Waals surface area (Å²) in [5.41, 5.74) is 2.64. The molecular formula is C13H21NO. The van der Waals surface area contributed by atoms with Gasteiger partial charge in [-0.2, -0.15) is 0 Å². The average Bonchev–Trinajstić information content (AvgIpc) is 2.26. The minimum Gasteiger partial charge on any atom is -0.383 e. The van der Waals surface area contributed by atoms with Gasteiger partial charge in [-0.3, -0.25) is 0 Å². The highest BCUT2D eigenvalue weighted by Crippen LogP contribution is 2.03. The van der Waals surface area contributed by atoms with Crippen LogP contribution in [0.1, 0.15) is 24.5 Å². The molecule has 0 aromatic heterocycles. The van der Waals surface area contributed by atoms with E-state index < -0.39 is 0 Å². The van der Waals surface area contributed by atoms with Gasteiger partial charge in [0.2, 0.25) is 0 Å². The Hall–Kier alpha value is -0.860. The minimum absolute atomic E-state index is 0.455. The molecule has 2 nitrogen and oxygen atoms in total. The molecule has 0 bridgehead atoms. The van der Waals surface area contributed by atoms with Crippen LogP contribution in [0.4, 0.5) is 0 Å². The Morgan fingerprint density at radius 3 is 2.47 bits per heavy atom. The quantitative estimate of drug-likeness (QED) is 0.774. The third-order valence-corrected chi connectivity index (χ3v) is 2.58. The third kappa shape index (κ3) is 4.45. The van der Waals surface area contributed by atoms with E-state index in [0.29, 0.717) is 6.04 Å². The summed E-state index contributed by atoms with van der Waals surface area (Å²) in [6, 6.07) is 9.09. The molecule has 0 amide bonds. The van der Waals surface area contributed by atoms with Crippen LogP contribution in [0, 0.1) is 6.92 Å². The zero-order chi connectivity index (χ0) is 11.1. The Morgan fingerprint density at radius 1 is 1.27 bits per heavy atom. The highest BCUT2D eigenvalue weighted by molar-refractivity contribution is 5.21. The predicted octanol–water partition coefficient (Wildman–Crippen LogP) is 2.51. The summed E-state index contributed by atoms with van der Waals surface area (Å²) in [4.78, 5) is 0. The summed E-state index contributed by atoms with van der Waals surface area (Å²) in [7, 11) is 1.75. The van der Waals surface area contributed by atoms with Crippen LogP contribution in [0.15, 0.2) is 24.3 Å². The first-order valence-corrected chi connectivity index (χ1v) is 5.54. The molecule has 1 rings (SSSR count). The second-order valence-corrected chi connectivity index (χ2v) is 3.93. The highest BCUT2D eigenvalue weighted by atomic mass is 16.5. The monoisotopic (exact) mass is 207 g/mol. The number of hydrogen-bond acceptors (Lipinski definition) is 2. The molecule has 2 heteroatoms. The molecule has 0 aliphatic carbocycles. The predicted molar refractivity (Wildman–Crippen MR) is 64.0 cm³/mol. The van der Waals surface area contributed by atoms with Crippen LogP contribution in [-0.4, -0.2) is 19.8 Å². The molecule has 84 valence electrons. The number of nitrogens with one attached hydrogen (secondary N) is 1. The molecule has 1 aromatic carbocycles. The van der Waals surface area contributed by atoms with Gasteiger partial charge < -0.3 is 10.1 Å². The van der Waals surface area contributed by atoms with Crippen LogP contribution in [0.5, 0.6) is 0 Å². The van der Waals surface area contributed by atoms with Gasteiger partial charge in [0.05, 0.1) is 6.61 Å². The van der Waals surface area contributed by atoms with Crippen molar-refractivity contribution in [2.45, 2.75) is 32.9 Å². The Balaban J connectivity index is 2.38. The summed E-state index contributed by atoms with van der Waals surface area (Å²) >= 11 is 0. The van der Waals surface area contributed by atoms with Gasteiger partial charge in [0, 0.05) is 19.7 Å². The SMILES string of the molecule is CC[C@H](COC)NCc1ccc(C)cc1. The van der Waals surface area contributed by atoms with E-state index in [4.69, 9.17) is 4.74 Å². The fourth-order valence-corrected chi connectivity index (χ4v) is 1.49. The number of rotatable bonds is 6. The van der Waals surface area contributed by atoms with Crippen LogP contribution in [-0.2, 0) is 11.3 Å². The van der Waals surface area contributed by atoms with E-state index in [1.165, 1.54) is 11.1 Å². The molecule has 15 heavy (non-hydrogen) atoms. The Morgan fingerprint density at radius 2 is 1.93 bits per heavy atom. The van der Waals surface area contributed by atoms with E-state index >= 15 is 0 Å². The number of methoxy groups -OCH3 is 1. The molecule has 0 radical (unpaired) electrons. The molecule has 0 aliphatic rings. The van der Waals surface area contributed by atoms with Crippen molar-refractivity contribution in [3.63, 3.8) is 0 Å². The second-order valence-electron chi connectivity index (χ2n) is 3.93. The van der Waals surface area contributed by atoms with Crippen LogP contribution in [0.3, 0.4) is 0 Å². The molecule has 0 heterocycles. The lowest BCUT2D eigenvalue weighted by molar-refractivity contribution is 0.164. The van der Waals surface area contributed by atoms with Gasteiger partial charge in [0.15, 0.2) is 0 Å². The summed E-state index contributed by atoms with van der Waals surface area (Å²) in [5, 5.41) is 3.48. The summed E-state index contributed by atoms with van der Waals surface area (Å²) in [6.45, 7) is 5.98. The molecule has 0 spiro atoms. The second kappa shape index (κ2) is 6.59. The molecular weight excluding hydrogens is 186 g/mol. The first-order valence-electron chi connectivity index (χ1n) is 5.54. The largest absolute Gasteiger partial charge is 0.383 e. The Labute approximate surface area is 92.6 Å². The smallest absolute Gasteiger partial charge is 0.0615 e. The van der Waals surface area contributed by atoms with Gasteiger partial charge in [-0.1, -0.05) is 36.8 Å². The van der Waals surface area contributed by atoms with Crippen molar-refractivity contribution in [1.29, 1.82) is 0 Å². The van der Waals surface area contributed by atoms with Crippen LogP contribution >= 0.6 is 0 Å².